The van der Waals surface area contributed by atoms with Gasteiger partial charge in [-0.2, -0.15) is 0 Å². The Kier molecular flexibility index (Phi) is 7.98. The van der Waals surface area contributed by atoms with Crippen LogP contribution in [0.3, 0.4) is 0 Å². The summed E-state index contributed by atoms with van der Waals surface area (Å²) in [4.78, 5) is 2.41. The first-order valence-corrected chi connectivity index (χ1v) is 22.1. The second kappa shape index (κ2) is 14.1. The average Bonchev–Trinajstić information content (AvgIpc) is 3.96. The number of nitrogens with zero attached hydrogens (tertiary/aromatic N) is 2. The molecular weight excluding hydrogens is 761 g/mol. The number of benzene rings is 9. The standard InChI is InChI=1S/C61H42N2/c1-3-16-41(17-4-1)43-18-15-21-47(38-43)62(48-35-37-54-53-25-10-14-29-59(53)63(60(54)40-48)45-19-5-2-6-20-45)46-33-30-42(31-34-46)44-32-36-52-51-24-9-13-28-57(51)61(58(52)39-44)55-26-11-7-22-49(55)50-23-8-12-27-56(50)61/h1-40,51,57H. The minimum Gasteiger partial charge on any atom is -0.310 e. The zero-order valence-corrected chi connectivity index (χ0v) is 34.6. The van der Waals surface area contributed by atoms with Gasteiger partial charge in [-0.05, 0) is 116 Å². The van der Waals surface area contributed by atoms with Crippen molar-refractivity contribution in [2.75, 3.05) is 4.90 Å². The highest BCUT2D eigenvalue weighted by atomic mass is 15.1. The predicted octanol–water partition coefficient (Wildman–Crippen LogP) is 15.7. The smallest absolute Gasteiger partial charge is 0.0561 e. The summed E-state index contributed by atoms with van der Waals surface area (Å²) in [6.07, 6.45) is 9.40. The summed E-state index contributed by atoms with van der Waals surface area (Å²) >= 11 is 0. The molecule has 0 saturated carbocycles. The lowest BCUT2D eigenvalue weighted by Crippen LogP contribution is -2.32. The van der Waals surface area contributed by atoms with Crippen LogP contribution in [0.4, 0.5) is 17.1 Å². The fourth-order valence-corrected chi connectivity index (χ4v) is 11.4. The van der Waals surface area contributed by atoms with Gasteiger partial charge in [-0.15, -0.1) is 0 Å². The molecule has 9 aromatic carbocycles. The maximum absolute atomic E-state index is 2.51. The molecule has 296 valence electrons. The van der Waals surface area contributed by atoms with Gasteiger partial charge in [-0.1, -0.05) is 182 Å². The van der Waals surface area contributed by atoms with E-state index in [0.29, 0.717) is 11.8 Å². The van der Waals surface area contributed by atoms with Gasteiger partial charge in [0.15, 0.2) is 0 Å². The second-order valence-electron chi connectivity index (χ2n) is 17.2. The molecule has 0 fully saturated rings. The van der Waals surface area contributed by atoms with Gasteiger partial charge in [0.1, 0.15) is 0 Å². The largest absolute Gasteiger partial charge is 0.310 e. The lowest BCUT2D eigenvalue weighted by atomic mass is 9.65. The van der Waals surface area contributed by atoms with E-state index in [0.717, 1.165) is 22.7 Å². The molecule has 3 aliphatic rings. The molecule has 0 N–H and O–H groups in total. The van der Waals surface area contributed by atoms with Gasteiger partial charge >= 0.3 is 0 Å². The van der Waals surface area contributed by atoms with Crippen LogP contribution in [-0.2, 0) is 5.41 Å². The Labute approximate surface area is 368 Å². The Morgan fingerprint density at radius 1 is 0.381 bits per heavy atom. The first-order valence-electron chi connectivity index (χ1n) is 22.1. The molecule has 0 bridgehead atoms. The van der Waals surface area contributed by atoms with Gasteiger partial charge in [0, 0.05) is 45.4 Å². The molecule has 2 unspecified atom stereocenters. The predicted molar refractivity (Wildman–Crippen MR) is 263 cm³/mol. The third kappa shape index (κ3) is 5.31. The quantitative estimate of drug-likeness (QED) is 0.163. The van der Waals surface area contributed by atoms with Crippen molar-refractivity contribution in [1.29, 1.82) is 0 Å². The Morgan fingerprint density at radius 3 is 1.76 bits per heavy atom. The molecule has 13 rings (SSSR count). The van der Waals surface area contributed by atoms with Crippen LogP contribution < -0.4 is 4.90 Å². The number of hydrogen-bond donors (Lipinski definition) is 0. The van der Waals surface area contributed by atoms with E-state index in [9.17, 15) is 0 Å². The first-order chi connectivity index (χ1) is 31.3. The third-order valence-corrected chi connectivity index (χ3v) is 14.1. The SMILES string of the molecule is C1=CC2c3ccc(-c4ccc(N(c5cccc(-c6ccccc6)c5)c5ccc6c7ccccc7n(-c7ccccc7)c6c5)cc4)cc3C3(c4ccccc4-c4ccccc43)C2C=C1. The van der Waals surface area contributed by atoms with Crippen molar-refractivity contribution in [3.8, 4) is 39.1 Å². The molecule has 0 radical (unpaired) electrons. The van der Waals surface area contributed by atoms with Crippen molar-refractivity contribution < 1.29 is 0 Å². The summed E-state index contributed by atoms with van der Waals surface area (Å²) in [6.45, 7) is 0. The number of hydrogen-bond acceptors (Lipinski definition) is 1. The Hall–Kier alpha value is -7.94. The molecule has 2 nitrogen and oxygen atoms in total. The Morgan fingerprint density at radius 2 is 0.968 bits per heavy atom. The summed E-state index contributed by atoms with van der Waals surface area (Å²) in [5.74, 6) is 0.622. The zero-order chi connectivity index (χ0) is 41.5. The summed E-state index contributed by atoms with van der Waals surface area (Å²) in [5.41, 5.74) is 19.8. The van der Waals surface area contributed by atoms with Crippen molar-refractivity contribution in [2.45, 2.75) is 11.3 Å². The third-order valence-electron chi connectivity index (χ3n) is 14.1. The monoisotopic (exact) mass is 802 g/mol. The van der Waals surface area contributed by atoms with Gasteiger partial charge in [0.2, 0.25) is 0 Å². The Balaban J connectivity index is 0.966. The molecule has 1 spiro atoms. The normalized spacial score (nSPS) is 16.3. The number of anilines is 3. The van der Waals surface area contributed by atoms with E-state index in [1.165, 1.54) is 77.4 Å². The molecule has 2 heteroatoms. The molecular formula is C61H42N2. The molecule has 1 heterocycles. The topological polar surface area (TPSA) is 8.17 Å². The van der Waals surface area contributed by atoms with Crippen LogP contribution in [0.5, 0.6) is 0 Å². The minimum atomic E-state index is -0.258. The zero-order valence-electron chi connectivity index (χ0n) is 34.6. The second-order valence-corrected chi connectivity index (χ2v) is 17.2. The molecule has 63 heavy (non-hydrogen) atoms. The fourth-order valence-electron chi connectivity index (χ4n) is 11.4. The van der Waals surface area contributed by atoms with Crippen LogP contribution >= 0.6 is 0 Å². The highest BCUT2D eigenvalue weighted by molar-refractivity contribution is 6.10. The lowest BCUT2D eigenvalue weighted by Gasteiger charge is -2.36. The van der Waals surface area contributed by atoms with Crippen LogP contribution in [-0.4, -0.2) is 4.57 Å². The van der Waals surface area contributed by atoms with Gasteiger partial charge < -0.3 is 9.47 Å². The van der Waals surface area contributed by atoms with Crippen LogP contribution in [0.1, 0.15) is 28.2 Å². The average molecular weight is 803 g/mol. The van der Waals surface area contributed by atoms with E-state index < -0.39 is 0 Å². The molecule has 0 amide bonds. The molecule has 1 aromatic heterocycles. The van der Waals surface area contributed by atoms with E-state index in [-0.39, 0.29) is 5.41 Å². The van der Waals surface area contributed by atoms with E-state index >= 15 is 0 Å². The van der Waals surface area contributed by atoms with Crippen molar-refractivity contribution in [1.82, 2.24) is 4.57 Å². The van der Waals surface area contributed by atoms with Gasteiger partial charge in [0.25, 0.3) is 0 Å². The summed E-state index contributed by atoms with van der Waals surface area (Å²) in [7, 11) is 0. The van der Waals surface area contributed by atoms with E-state index in [4.69, 9.17) is 0 Å². The molecule has 3 aliphatic carbocycles. The molecule has 2 atom stereocenters. The lowest BCUT2D eigenvalue weighted by molar-refractivity contribution is 0.465. The maximum atomic E-state index is 2.51. The summed E-state index contributed by atoms with van der Waals surface area (Å²) < 4.78 is 2.40. The van der Waals surface area contributed by atoms with Crippen LogP contribution in [0.2, 0.25) is 0 Å². The number of allylic oxidation sites excluding steroid dienone is 4. The summed E-state index contributed by atoms with van der Waals surface area (Å²) in [5, 5.41) is 2.48. The highest BCUT2D eigenvalue weighted by Gasteiger charge is 2.57. The van der Waals surface area contributed by atoms with Gasteiger partial charge in [-0.25, -0.2) is 0 Å². The molecule has 10 aromatic rings. The van der Waals surface area contributed by atoms with Gasteiger partial charge in [-0.3, -0.25) is 0 Å². The van der Waals surface area contributed by atoms with Crippen LogP contribution in [0, 0.1) is 5.92 Å². The van der Waals surface area contributed by atoms with Crippen molar-refractivity contribution in [2.24, 2.45) is 5.92 Å². The van der Waals surface area contributed by atoms with Crippen LogP contribution in [0.15, 0.2) is 243 Å². The van der Waals surface area contributed by atoms with Gasteiger partial charge in [0.05, 0.1) is 16.4 Å². The molecule has 0 saturated heterocycles. The maximum Gasteiger partial charge on any atom is 0.0561 e. The number of rotatable bonds is 6. The van der Waals surface area contributed by atoms with Crippen LogP contribution in [0.25, 0.3) is 60.9 Å². The number of para-hydroxylation sites is 2. The Bertz CT molecular complexity index is 3420. The summed E-state index contributed by atoms with van der Waals surface area (Å²) in [6, 6.07) is 80.8. The molecule has 0 aliphatic heterocycles. The number of aromatic nitrogens is 1. The first kappa shape index (κ1) is 35.8. The van der Waals surface area contributed by atoms with Crippen molar-refractivity contribution >= 4 is 38.9 Å². The fraction of sp³-hybridized carbons (Fsp3) is 0.0492. The van der Waals surface area contributed by atoms with Crippen molar-refractivity contribution in [3.05, 3.63) is 265 Å². The minimum absolute atomic E-state index is 0.258. The van der Waals surface area contributed by atoms with E-state index in [1.807, 2.05) is 0 Å². The number of fused-ring (bicyclic) bond motifs is 13. The van der Waals surface area contributed by atoms with Crippen molar-refractivity contribution in [3.63, 3.8) is 0 Å². The highest BCUT2D eigenvalue weighted by Crippen LogP contribution is 2.65. The van der Waals surface area contributed by atoms with E-state index in [2.05, 4.69) is 252 Å². The van der Waals surface area contributed by atoms with E-state index in [1.54, 1.807) is 0 Å².